The fourth-order valence-electron chi connectivity index (χ4n) is 4.72. The van der Waals surface area contributed by atoms with Crippen molar-refractivity contribution in [2.24, 2.45) is 0 Å². The molecule has 1 aliphatic rings. The lowest BCUT2D eigenvalue weighted by atomic mass is 10.1. The van der Waals surface area contributed by atoms with Crippen molar-refractivity contribution in [2.75, 3.05) is 5.32 Å². The molecule has 1 aliphatic heterocycles. The first-order valence-electron chi connectivity index (χ1n) is 11.3. The van der Waals surface area contributed by atoms with Gasteiger partial charge in [0.1, 0.15) is 6.04 Å². The maximum atomic E-state index is 13.2. The Hall–Kier alpha value is -3.65. The molecule has 2 heterocycles. The molecular weight excluding hydrogens is 450 g/mol. The van der Waals surface area contributed by atoms with E-state index < -0.39 is 27.9 Å². The number of sulfonamides is 1. The number of fused-ring (bicyclic) bond motifs is 3. The molecule has 1 saturated heterocycles. The lowest BCUT2D eigenvalue weighted by Crippen LogP contribution is -2.45. The molecule has 1 atom stereocenters. The first kappa shape index (κ1) is 22.2. The molecule has 7 nitrogen and oxygen atoms in total. The number of aromatic nitrogens is 1. The first-order valence-corrected chi connectivity index (χ1v) is 12.7. The Morgan fingerprint density at radius 2 is 1.71 bits per heavy atom. The molecule has 5 rings (SSSR count). The van der Waals surface area contributed by atoms with Gasteiger partial charge in [-0.2, -0.15) is 0 Å². The summed E-state index contributed by atoms with van der Waals surface area (Å²) in [6, 6.07) is 18.9. The van der Waals surface area contributed by atoms with Crippen LogP contribution >= 0.6 is 0 Å². The minimum atomic E-state index is -4.14. The largest absolute Gasteiger partial charge is 0.341 e. The Labute approximate surface area is 198 Å². The van der Waals surface area contributed by atoms with Gasteiger partial charge in [-0.15, -0.1) is 0 Å². The van der Waals surface area contributed by atoms with E-state index in [9.17, 15) is 18.0 Å². The van der Waals surface area contributed by atoms with E-state index in [1.54, 1.807) is 18.2 Å². The second-order valence-corrected chi connectivity index (χ2v) is 10.4. The van der Waals surface area contributed by atoms with Gasteiger partial charge in [0.15, 0.2) is 0 Å². The summed E-state index contributed by atoms with van der Waals surface area (Å²) in [5.74, 6) is -1.08. The molecule has 1 fully saturated rings. The van der Waals surface area contributed by atoms with Gasteiger partial charge in [0, 0.05) is 40.5 Å². The summed E-state index contributed by atoms with van der Waals surface area (Å²) in [6.45, 7) is 4.75. The van der Waals surface area contributed by atoms with Gasteiger partial charge in [0.2, 0.25) is 11.8 Å². The highest BCUT2D eigenvalue weighted by Gasteiger charge is 2.44. The molecule has 0 spiro atoms. The minimum Gasteiger partial charge on any atom is -0.341 e. The second-order valence-electron chi connectivity index (χ2n) is 8.54. The summed E-state index contributed by atoms with van der Waals surface area (Å²) in [6.07, 6.45) is 0.152. The van der Waals surface area contributed by atoms with Crippen LogP contribution in [0.25, 0.3) is 21.8 Å². The number of amides is 2. The summed E-state index contributed by atoms with van der Waals surface area (Å²) < 4.78 is 29.4. The van der Waals surface area contributed by atoms with Gasteiger partial charge in [-0.25, -0.2) is 12.7 Å². The maximum Gasteiger partial charge on any atom is 0.267 e. The van der Waals surface area contributed by atoms with Crippen LogP contribution in [0.15, 0.2) is 71.6 Å². The van der Waals surface area contributed by atoms with E-state index in [-0.39, 0.29) is 17.7 Å². The normalized spacial score (nSPS) is 16.5. The van der Waals surface area contributed by atoms with Gasteiger partial charge in [0.05, 0.1) is 4.90 Å². The fourth-order valence-corrected chi connectivity index (χ4v) is 6.32. The van der Waals surface area contributed by atoms with Crippen LogP contribution in [0.2, 0.25) is 0 Å². The molecular formula is C26H25N3O4S. The van der Waals surface area contributed by atoms with Crippen LogP contribution in [0.3, 0.4) is 0 Å². The van der Waals surface area contributed by atoms with Crippen LogP contribution in [-0.4, -0.2) is 35.1 Å². The summed E-state index contributed by atoms with van der Waals surface area (Å²) in [5.41, 5.74) is 3.63. The maximum absolute atomic E-state index is 13.2. The van der Waals surface area contributed by atoms with E-state index in [1.165, 1.54) is 12.1 Å². The molecule has 0 radical (unpaired) electrons. The number of carbonyl (C=O) groups is 2. The van der Waals surface area contributed by atoms with Crippen molar-refractivity contribution in [1.82, 2.24) is 8.87 Å². The van der Waals surface area contributed by atoms with E-state index in [1.807, 2.05) is 37.3 Å². The topological polar surface area (TPSA) is 88.5 Å². The number of hydrogen-bond donors (Lipinski definition) is 1. The second kappa shape index (κ2) is 8.29. The molecule has 1 N–H and O–H groups in total. The van der Waals surface area contributed by atoms with Gasteiger partial charge in [-0.3, -0.25) is 9.59 Å². The number of aryl methyl sites for hydroxylation is 2. The van der Waals surface area contributed by atoms with E-state index >= 15 is 0 Å². The monoisotopic (exact) mass is 475 g/mol. The number of benzene rings is 3. The molecule has 3 aromatic carbocycles. The highest BCUT2D eigenvalue weighted by molar-refractivity contribution is 7.89. The lowest BCUT2D eigenvalue weighted by Gasteiger charge is -2.23. The van der Waals surface area contributed by atoms with Crippen LogP contribution in [-0.2, 0) is 26.2 Å². The van der Waals surface area contributed by atoms with E-state index in [0.717, 1.165) is 38.2 Å². The summed E-state index contributed by atoms with van der Waals surface area (Å²) in [4.78, 5) is 25.7. The van der Waals surface area contributed by atoms with Gasteiger partial charge in [-0.05, 0) is 56.7 Å². The molecule has 34 heavy (non-hydrogen) atoms. The van der Waals surface area contributed by atoms with Crippen LogP contribution in [0.1, 0.15) is 25.3 Å². The highest BCUT2D eigenvalue weighted by Crippen LogP contribution is 2.32. The fraction of sp³-hybridized carbons (Fsp3) is 0.231. The van der Waals surface area contributed by atoms with Crippen LogP contribution in [0.5, 0.6) is 0 Å². The van der Waals surface area contributed by atoms with Crippen molar-refractivity contribution in [1.29, 1.82) is 0 Å². The Balaban J connectivity index is 1.47. The molecule has 174 valence electrons. The number of anilines is 1. The molecule has 2 amide bonds. The number of nitrogens with zero attached hydrogens (tertiary/aromatic N) is 2. The number of nitrogens with one attached hydrogen (secondary N) is 1. The van der Waals surface area contributed by atoms with Gasteiger partial charge in [-0.1, -0.05) is 35.9 Å². The van der Waals surface area contributed by atoms with Crippen molar-refractivity contribution in [3.8, 4) is 0 Å². The number of rotatable bonds is 5. The molecule has 4 aromatic rings. The predicted molar refractivity (Wildman–Crippen MR) is 132 cm³/mol. The molecule has 0 saturated carbocycles. The third kappa shape index (κ3) is 3.54. The molecule has 0 aliphatic carbocycles. The number of hydrogen-bond acceptors (Lipinski definition) is 4. The summed E-state index contributed by atoms with van der Waals surface area (Å²) in [5, 5.41) is 4.93. The molecule has 1 unspecified atom stereocenters. The Bertz CT molecular complexity index is 1540. The van der Waals surface area contributed by atoms with Gasteiger partial charge in [0.25, 0.3) is 10.0 Å². The average Bonchev–Trinajstić information content (AvgIpc) is 3.37. The summed E-state index contributed by atoms with van der Waals surface area (Å²) in [7, 11) is -4.14. The molecule has 1 aromatic heterocycles. The van der Waals surface area contributed by atoms with Crippen molar-refractivity contribution in [3.63, 3.8) is 0 Å². The van der Waals surface area contributed by atoms with Gasteiger partial charge >= 0.3 is 0 Å². The molecule has 0 bridgehead atoms. The quantitative estimate of drug-likeness (QED) is 0.462. The standard InChI is InChI=1S/C26H25N3O4S/c1-3-28-22-7-5-4-6-20(22)21-16-18(10-13-23(21)28)27-26(31)24-14-15-25(30)29(24)34(32,33)19-11-8-17(2)9-12-19/h4-13,16,24H,3,14-15H2,1-2H3,(H,27,31). The average molecular weight is 476 g/mol. The minimum absolute atomic E-state index is 0.0000511. The Morgan fingerprint density at radius 3 is 2.44 bits per heavy atom. The highest BCUT2D eigenvalue weighted by atomic mass is 32.2. The zero-order valence-corrected chi connectivity index (χ0v) is 19.8. The molecule has 8 heteroatoms. The van der Waals surface area contributed by atoms with Crippen LogP contribution in [0, 0.1) is 6.92 Å². The third-order valence-electron chi connectivity index (χ3n) is 6.40. The SMILES string of the molecule is CCn1c2ccccc2c2cc(NC(=O)C3CCC(=O)N3S(=O)(=O)c3ccc(C)cc3)ccc21. The predicted octanol–water partition coefficient (Wildman–Crippen LogP) is 4.44. The van der Waals surface area contributed by atoms with Crippen LogP contribution < -0.4 is 5.32 Å². The lowest BCUT2D eigenvalue weighted by molar-refractivity contribution is -0.128. The van der Waals surface area contributed by atoms with E-state index in [2.05, 4.69) is 22.9 Å². The van der Waals surface area contributed by atoms with Gasteiger partial charge < -0.3 is 9.88 Å². The smallest absolute Gasteiger partial charge is 0.267 e. The van der Waals surface area contributed by atoms with E-state index in [4.69, 9.17) is 0 Å². The van der Waals surface area contributed by atoms with Crippen molar-refractivity contribution in [2.45, 2.75) is 44.2 Å². The van der Waals surface area contributed by atoms with E-state index in [0.29, 0.717) is 5.69 Å². The Morgan fingerprint density at radius 1 is 1.00 bits per heavy atom. The number of para-hydroxylation sites is 1. The van der Waals surface area contributed by atoms with Crippen molar-refractivity contribution in [3.05, 3.63) is 72.3 Å². The van der Waals surface area contributed by atoms with Crippen molar-refractivity contribution >= 4 is 49.3 Å². The summed E-state index contributed by atoms with van der Waals surface area (Å²) >= 11 is 0. The zero-order chi connectivity index (χ0) is 24.0. The van der Waals surface area contributed by atoms with Crippen LogP contribution in [0.4, 0.5) is 5.69 Å². The first-order chi connectivity index (χ1) is 16.3. The third-order valence-corrected chi connectivity index (χ3v) is 8.24. The number of carbonyl (C=O) groups excluding carboxylic acids is 2. The Kier molecular flexibility index (Phi) is 5.40. The van der Waals surface area contributed by atoms with Crippen molar-refractivity contribution < 1.29 is 18.0 Å². The zero-order valence-electron chi connectivity index (χ0n) is 19.0.